The molecule has 4 nitrogen and oxygen atoms in total. The number of nitrogens with one attached hydrogen (secondary N) is 1. The quantitative estimate of drug-likeness (QED) is 0.933. The van der Waals surface area contributed by atoms with E-state index in [-0.39, 0.29) is 6.04 Å². The second-order valence-electron chi connectivity index (χ2n) is 4.39. The molecule has 1 heterocycles. The van der Waals surface area contributed by atoms with Crippen molar-refractivity contribution >= 4 is 10.0 Å². The summed E-state index contributed by atoms with van der Waals surface area (Å²) >= 11 is 0. The first-order valence-corrected chi connectivity index (χ1v) is 7.47. The molecule has 1 aromatic carbocycles. The van der Waals surface area contributed by atoms with Crippen molar-refractivity contribution in [2.45, 2.75) is 24.8 Å². The molecule has 1 atom stereocenters. The van der Waals surface area contributed by atoms with E-state index < -0.39 is 10.0 Å². The second-order valence-corrected chi connectivity index (χ2v) is 6.08. The topological polar surface area (TPSA) is 59.1 Å². The number of sulfonamides is 1. The monoisotopic (exact) mass is 276 g/mol. The molecule has 0 radical (unpaired) electrons. The van der Waals surface area contributed by atoms with E-state index in [1.54, 1.807) is 50.5 Å². The molecule has 0 bridgehead atoms. The van der Waals surface area contributed by atoms with Crippen molar-refractivity contribution in [2.24, 2.45) is 0 Å². The summed E-state index contributed by atoms with van der Waals surface area (Å²) in [6.07, 6.45) is 3.32. The minimum absolute atomic E-state index is 0.311. The number of hydrogen-bond acceptors (Lipinski definition) is 3. The lowest BCUT2D eigenvalue weighted by Crippen LogP contribution is -2.27. The Morgan fingerprint density at radius 3 is 2.53 bits per heavy atom. The molecule has 1 aromatic heterocycles. The molecule has 0 aliphatic rings. The molecule has 5 heteroatoms. The molecule has 1 unspecified atom stereocenters. The van der Waals surface area contributed by atoms with Gasteiger partial charge in [-0.25, -0.2) is 13.1 Å². The highest BCUT2D eigenvalue weighted by molar-refractivity contribution is 7.89. The summed E-state index contributed by atoms with van der Waals surface area (Å²) in [7, 11) is -3.52. The number of nitrogens with zero attached hydrogens (tertiary/aromatic N) is 1. The first-order valence-electron chi connectivity index (χ1n) is 5.98. The van der Waals surface area contributed by atoms with Gasteiger partial charge in [-0.2, -0.15) is 0 Å². The van der Waals surface area contributed by atoms with Crippen LogP contribution in [0.1, 0.15) is 24.1 Å². The van der Waals surface area contributed by atoms with Crippen molar-refractivity contribution in [3.63, 3.8) is 0 Å². The van der Waals surface area contributed by atoms with Gasteiger partial charge in [-0.1, -0.05) is 24.3 Å². The Morgan fingerprint density at radius 1 is 1.16 bits per heavy atom. The predicted octanol–water partition coefficient (Wildman–Crippen LogP) is 2.43. The number of aromatic nitrogens is 1. The van der Waals surface area contributed by atoms with Crippen LogP contribution < -0.4 is 4.72 Å². The van der Waals surface area contributed by atoms with Gasteiger partial charge in [-0.3, -0.25) is 4.98 Å². The first kappa shape index (κ1) is 13.7. The van der Waals surface area contributed by atoms with Crippen LogP contribution >= 0.6 is 0 Å². The summed E-state index contributed by atoms with van der Waals surface area (Å²) in [4.78, 5) is 4.30. The highest BCUT2D eigenvalue weighted by Crippen LogP contribution is 2.18. The lowest BCUT2D eigenvalue weighted by Gasteiger charge is -2.15. The van der Waals surface area contributed by atoms with Gasteiger partial charge in [-0.05, 0) is 37.1 Å². The molecule has 0 amide bonds. The fourth-order valence-corrected chi connectivity index (χ4v) is 3.33. The van der Waals surface area contributed by atoms with Crippen molar-refractivity contribution in [1.82, 2.24) is 9.71 Å². The fourth-order valence-electron chi connectivity index (χ4n) is 1.85. The second kappa shape index (κ2) is 5.50. The van der Waals surface area contributed by atoms with Gasteiger partial charge >= 0.3 is 0 Å². The average Bonchev–Trinajstić information content (AvgIpc) is 2.39. The van der Waals surface area contributed by atoms with Gasteiger partial charge in [0.15, 0.2) is 0 Å². The van der Waals surface area contributed by atoms with Crippen molar-refractivity contribution in [2.75, 3.05) is 0 Å². The lowest BCUT2D eigenvalue weighted by molar-refractivity contribution is 0.566. The van der Waals surface area contributed by atoms with E-state index >= 15 is 0 Å². The zero-order valence-electron chi connectivity index (χ0n) is 10.9. The van der Waals surface area contributed by atoms with Crippen LogP contribution in [-0.4, -0.2) is 13.4 Å². The van der Waals surface area contributed by atoms with E-state index in [4.69, 9.17) is 0 Å². The zero-order chi connectivity index (χ0) is 13.9. The molecule has 0 fully saturated rings. The van der Waals surface area contributed by atoms with E-state index in [1.165, 1.54) is 0 Å². The van der Waals surface area contributed by atoms with Crippen LogP contribution in [-0.2, 0) is 10.0 Å². The van der Waals surface area contributed by atoms with E-state index in [0.29, 0.717) is 4.90 Å². The highest BCUT2D eigenvalue weighted by atomic mass is 32.2. The largest absolute Gasteiger partial charge is 0.264 e. The molecule has 0 saturated carbocycles. The highest BCUT2D eigenvalue weighted by Gasteiger charge is 2.19. The summed E-state index contributed by atoms with van der Waals surface area (Å²) in [5.41, 5.74) is 1.56. The number of aryl methyl sites for hydroxylation is 1. The van der Waals surface area contributed by atoms with Crippen molar-refractivity contribution in [3.8, 4) is 0 Å². The smallest absolute Gasteiger partial charge is 0.241 e. The maximum absolute atomic E-state index is 12.3. The summed E-state index contributed by atoms with van der Waals surface area (Å²) < 4.78 is 27.3. The van der Waals surface area contributed by atoms with Crippen molar-refractivity contribution in [3.05, 3.63) is 59.9 Å². The van der Waals surface area contributed by atoms with E-state index in [0.717, 1.165) is 11.1 Å². The molecule has 0 saturated heterocycles. The summed E-state index contributed by atoms with van der Waals surface area (Å²) in [6, 6.07) is 10.2. The van der Waals surface area contributed by atoms with Crippen LogP contribution in [0, 0.1) is 6.92 Å². The lowest BCUT2D eigenvalue weighted by atomic mass is 10.2. The van der Waals surface area contributed by atoms with E-state index in [9.17, 15) is 8.42 Å². The standard InChI is InChI=1S/C14H16N2O2S/c1-11-6-3-4-8-14(11)19(17,18)16-12(2)13-7-5-9-15-10-13/h3-10,12,16H,1-2H3. The molecular formula is C14H16N2O2S. The zero-order valence-corrected chi connectivity index (χ0v) is 11.7. The van der Waals surface area contributed by atoms with E-state index in [2.05, 4.69) is 9.71 Å². The van der Waals surface area contributed by atoms with Crippen LogP contribution in [0.3, 0.4) is 0 Å². The Morgan fingerprint density at radius 2 is 1.89 bits per heavy atom. The molecule has 19 heavy (non-hydrogen) atoms. The Labute approximate surface area is 113 Å². The minimum atomic E-state index is -3.52. The van der Waals surface area contributed by atoms with Gasteiger partial charge in [0.25, 0.3) is 0 Å². The molecule has 0 aliphatic heterocycles. The van der Waals surface area contributed by atoms with Gasteiger partial charge in [0, 0.05) is 18.4 Å². The van der Waals surface area contributed by atoms with Gasteiger partial charge < -0.3 is 0 Å². The van der Waals surface area contributed by atoms with Crippen LogP contribution in [0.5, 0.6) is 0 Å². The Balaban J connectivity index is 2.26. The molecule has 0 aliphatic carbocycles. The fraction of sp³-hybridized carbons (Fsp3) is 0.214. The molecular weight excluding hydrogens is 260 g/mol. The van der Waals surface area contributed by atoms with Crippen LogP contribution in [0.4, 0.5) is 0 Å². The maximum atomic E-state index is 12.3. The number of hydrogen-bond donors (Lipinski definition) is 1. The maximum Gasteiger partial charge on any atom is 0.241 e. The van der Waals surface area contributed by atoms with Crippen LogP contribution in [0.2, 0.25) is 0 Å². The summed E-state index contributed by atoms with van der Waals surface area (Å²) in [5, 5.41) is 0. The molecule has 100 valence electrons. The van der Waals surface area contributed by atoms with Gasteiger partial charge in [-0.15, -0.1) is 0 Å². The number of benzene rings is 1. The molecule has 1 N–H and O–H groups in total. The van der Waals surface area contributed by atoms with Gasteiger partial charge in [0.05, 0.1) is 4.90 Å². The number of pyridine rings is 1. The normalized spacial score (nSPS) is 13.2. The summed E-state index contributed by atoms with van der Waals surface area (Å²) in [6.45, 7) is 3.58. The van der Waals surface area contributed by atoms with Gasteiger partial charge in [0.2, 0.25) is 10.0 Å². The van der Waals surface area contributed by atoms with E-state index in [1.807, 2.05) is 12.1 Å². The Bertz CT molecular complexity index is 654. The number of rotatable bonds is 4. The predicted molar refractivity (Wildman–Crippen MR) is 74.2 cm³/mol. The van der Waals surface area contributed by atoms with Gasteiger partial charge in [0.1, 0.15) is 0 Å². The minimum Gasteiger partial charge on any atom is -0.264 e. The van der Waals surface area contributed by atoms with Crippen LogP contribution in [0.15, 0.2) is 53.7 Å². The molecule has 2 aromatic rings. The van der Waals surface area contributed by atoms with Crippen molar-refractivity contribution in [1.29, 1.82) is 0 Å². The third-order valence-electron chi connectivity index (χ3n) is 2.90. The van der Waals surface area contributed by atoms with Crippen LogP contribution in [0.25, 0.3) is 0 Å². The average molecular weight is 276 g/mol. The SMILES string of the molecule is Cc1ccccc1S(=O)(=O)NC(C)c1cccnc1. The third kappa shape index (κ3) is 3.19. The molecule has 2 rings (SSSR count). The van der Waals surface area contributed by atoms with Crippen molar-refractivity contribution < 1.29 is 8.42 Å². The Hall–Kier alpha value is -1.72. The Kier molecular flexibility index (Phi) is 3.97. The first-order chi connectivity index (χ1) is 9.00. The molecule has 0 spiro atoms. The third-order valence-corrected chi connectivity index (χ3v) is 4.60. The summed E-state index contributed by atoms with van der Waals surface area (Å²) in [5.74, 6) is 0.